The molecule has 2 rings (SSSR count). The number of nitrogens with zero attached hydrogens (tertiary/aromatic N) is 4. The van der Waals surface area contributed by atoms with Gasteiger partial charge in [0.15, 0.2) is 0 Å². The Labute approximate surface area is 119 Å². The van der Waals surface area contributed by atoms with E-state index in [1.165, 1.54) is 0 Å². The van der Waals surface area contributed by atoms with Crippen molar-refractivity contribution in [2.75, 3.05) is 37.5 Å². The van der Waals surface area contributed by atoms with E-state index in [-0.39, 0.29) is 11.2 Å². The highest BCUT2D eigenvalue weighted by molar-refractivity contribution is 5.39. The summed E-state index contributed by atoms with van der Waals surface area (Å²) in [4.78, 5) is 15.0. The molecule has 7 nitrogen and oxygen atoms in total. The lowest BCUT2D eigenvalue weighted by molar-refractivity contribution is -0.133. The van der Waals surface area contributed by atoms with Gasteiger partial charge in [0.2, 0.25) is 11.9 Å². The Morgan fingerprint density at radius 1 is 1.10 bits per heavy atom. The van der Waals surface area contributed by atoms with Gasteiger partial charge in [-0.25, -0.2) is 0 Å². The highest BCUT2D eigenvalue weighted by Crippen LogP contribution is 2.30. The van der Waals surface area contributed by atoms with Crippen LogP contribution >= 0.6 is 0 Å². The summed E-state index contributed by atoms with van der Waals surface area (Å²) in [5.41, 5.74) is -0.525. The minimum absolute atomic E-state index is 0.262. The summed E-state index contributed by atoms with van der Waals surface area (Å²) in [5.74, 6) is 1.10. The third-order valence-electron chi connectivity index (χ3n) is 2.99. The molecule has 0 amide bonds. The first-order chi connectivity index (χ1) is 9.24. The summed E-state index contributed by atoms with van der Waals surface area (Å²) < 4.78 is 11.2. The lowest BCUT2D eigenvalue weighted by Crippen LogP contribution is -2.57. The van der Waals surface area contributed by atoms with Crippen molar-refractivity contribution in [3.05, 3.63) is 0 Å². The largest absolute Gasteiger partial charge is 0.467 e. The molecule has 0 radical (unpaired) electrons. The molecule has 0 atom stereocenters. The van der Waals surface area contributed by atoms with Crippen molar-refractivity contribution >= 4 is 11.9 Å². The van der Waals surface area contributed by atoms with Crippen molar-refractivity contribution in [3.63, 3.8) is 0 Å². The lowest BCUT2D eigenvalue weighted by Gasteiger charge is -2.47. The quantitative estimate of drug-likeness (QED) is 0.895. The number of ether oxygens (including phenoxy) is 2. The van der Waals surface area contributed by atoms with E-state index >= 15 is 0 Å². The van der Waals surface area contributed by atoms with Crippen molar-refractivity contribution in [1.29, 1.82) is 0 Å². The molecule has 1 aliphatic heterocycles. The number of methoxy groups -OCH3 is 1. The number of anilines is 2. The SMILES string of the molecule is CNc1nc(OC)nc(N2CC(C)(C)OC(C)(C)C2)n1. The summed E-state index contributed by atoms with van der Waals surface area (Å²) in [6.45, 7) is 9.70. The second kappa shape index (κ2) is 5.05. The van der Waals surface area contributed by atoms with E-state index in [9.17, 15) is 0 Å². The Balaban J connectivity index is 2.34. The van der Waals surface area contributed by atoms with E-state index in [0.29, 0.717) is 31.0 Å². The number of rotatable bonds is 3. The molecule has 0 spiro atoms. The molecule has 1 aliphatic rings. The fourth-order valence-corrected chi connectivity index (χ4v) is 2.62. The van der Waals surface area contributed by atoms with Gasteiger partial charge in [-0.05, 0) is 27.7 Å². The average Bonchev–Trinajstić information content (AvgIpc) is 2.34. The van der Waals surface area contributed by atoms with Gasteiger partial charge in [-0.2, -0.15) is 15.0 Å². The molecule has 1 N–H and O–H groups in total. The van der Waals surface area contributed by atoms with Crippen LogP contribution in [0.1, 0.15) is 27.7 Å². The van der Waals surface area contributed by atoms with Crippen LogP contribution < -0.4 is 15.0 Å². The van der Waals surface area contributed by atoms with E-state index < -0.39 is 0 Å². The summed E-state index contributed by atoms with van der Waals surface area (Å²) >= 11 is 0. The Hall–Kier alpha value is -1.63. The maximum Gasteiger partial charge on any atom is 0.322 e. The number of nitrogens with one attached hydrogen (secondary N) is 1. The van der Waals surface area contributed by atoms with Gasteiger partial charge in [-0.1, -0.05) is 0 Å². The third-order valence-corrected chi connectivity index (χ3v) is 2.99. The van der Waals surface area contributed by atoms with Gasteiger partial charge < -0.3 is 19.7 Å². The zero-order valence-electron chi connectivity index (χ0n) is 13.0. The van der Waals surface area contributed by atoms with Gasteiger partial charge in [-0.15, -0.1) is 0 Å². The molecule has 20 heavy (non-hydrogen) atoms. The van der Waals surface area contributed by atoms with E-state index in [2.05, 4.69) is 52.9 Å². The van der Waals surface area contributed by atoms with Crippen LogP contribution in [0.4, 0.5) is 11.9 Å². The van der Waals surface area contributed by atoms with Crippen LogP contribution in [-0.4, -0.2) is 53.4 Å². The average molecular weight is 281 g/mol. The smallest absolute Gasteiger partial charge is 0.322 e. The first-order valence-electron chi connectivity index (χ1n) is 6.68. The van der Waals surface area contributed by atoms with Crippen molar-refractivity contribution in [3.8, 4) is 6.01 Å². The van der Waals surface area contributed by atoms with E-state index in [4.69, 9.17) is 9.47 Å². The number of hydrogen-bond donors (Lipinski definition) is 1. The second-order valence-electron chi connectivity index (χ2n) is 6.17. The van der Waals surface area contributed by atoms with Crippen LogP contribution in [0.25, 0.3) is 0 Å². The predicted molar refractivity (Wildman–Crippen MR) is 77.4 cm³/mol. The topological polar surface area (TPSA) is 72.4 Å². The van der Waals surface area contributed by atoms with Gasteiger partial charge in [0.1, 0.15) is 0 Å². The van der Waals surface area contributed by atoms with Gasteiger partial charge in [0, 0.05) is 20.1 Å². The monoisotopic (exact) mass is 281 g/mol. The van der Waals surface area contributed by atoms with Crippen LogP contribution in [0, 0.1) is 0 Å². The molecule has 2 heterocycles. The van der Waals surface area contributed by atoms with Crippen LogP contribution in [-0.2, 0) is 4.74 Å². The summed E-state index contributed by atoms with van der Waals surface area (Å²) in [5, 5.41) is 2.92. The molecular formula is C13H23N5O2. The maximum absolute atomic E-state index is 6.07. The standard InChI is InChI=1S/C13H23N5O2/c1-12(2)7-18(8-13(3,4)20-12)10-15-9(14-5)16-11(17-10)19-6/h7-8H2,1-6H3,(H,14,15,16,17). The van der Waals surface area contributed by atoms with Gasteiger partial charge in [0.05, 0.1) is 18.3 Å². The Bertz CT molecular complexity index is 451. The van der Waals surface area contributed by atoms with E-state index in [0.717, 1.165) is 0 Å². The molecule has 1 aromatic heterocycles. The van der Waals surface area contributed by atoms with E-state index in [1.54, 1.807) is 14.2 Å². The summed E-state index contributed by atoms with van der Waals surface area (Å²) in [6.07, 6.45) is 0. The number of morpholine rings is 1. The van der Waals surface area contributed by atoms with Crippen LogP contribution in [0.3, 0.4) is 0 Å². The van der Waals surface area contributed by atoms with Crippen molar-refractivity contribution in [1.82, 2.24) is 15.0 Å². The summed E-state index contributed by atoms with van der Waals surface area (Å²) in [7, 11) is 3.32. The van der Waals surface area contributed by atoms with Gasteiger partial charge in [0.25, 0.3) is 0 Å². The highest BCUT2D eigenvalue weighted by atomic mass is 16.5. The van der Waals surface area contributed by atoms with Gasteiger partial charge in [-0.3, -0.25) is 0 Å². The molecule has 0 aliphatic carbocycles. The third kappa shape index (κ3) is 3.27. The Kier molecular flexibility index (Phi) is 3.73. The summed E-state index contributed by atoms with van der Waals surface area (Å²) in [6, 6.07) is 0.307. The second-order valence-corrected chi connectivity index (χ2v) is 6.17. The molecule has 0 unspecified atom stereocenters. The Morgan fingerprint density at radius 3 is 2.20 bits per heavy atom. The molecular weight excluding hydrogens is 258 g/mol. The van der Waals surface area contributed by atoms with Crippen LogP contribution in [0.2, 0.25) is 0 Å². The maximum atomic E-state index is 6.07. The zero-order valence-corrected chi connectivity index (χ0v) is 13.0. The molecule has 1 fully saturated rings. The highest BCUT2D eigenvalue weighted by Gasteiger charge is 2.39. The van der Waals surface area contributed by atoms with Crippen LogP contribution in [0.15, 0.2) is 0 Å². The molecule has 0 aromatic carbocycles. The molecule has 0 saturated carbocycles. The molecule has 1 aromatic rings. The minimum atomic E-state index is -0.262. The molecule has 0 bridgehead atoms. The number of hydrogen-bond acceptors (Lipinski definition) is 7. The van der Waals surface area contributed by atoms with Gasteiger partial charge >= 0.3 is 6.01 Å². The minimum Gasteiger partial charge on any atom is -0.467 e. The first kappa shape index (κ1) is 14.8. The predicted octanol–water partition coefficient (Wildman–Crippen LogP) is 1.32. The first-order valence-corrected chi connectivity index (χ1v) is 6.68. The van der Waals surface area contributed by atoms with Crippen LogP contribution in [0.5, 0.6) is 6.01 Å². The van der Waals surface area contributed by atoms with E-state index in [1.807, 2.05) is 0 Å². The number of aromatic nitrogens is 3. The fraction of sp³-hybridized carbons (Fsp3) is 0.769. The van der Waals surface area contributed by atoms with Crippen molar-refractivity contribution in [2.24, 2.45) is 0 Å². The Morgan fingerprint density at radius 2 is 1.70 bits per heavy atom. The normalized spacial score (nSPS) is 20.6. The fourth-order valence-electron chi connectivity index (χ4n) is 2.62. The molecule has 112 valence electrons. The van der Waals surface area contributed by atoms with Crippen molar-refractivity contribution in [2.45, 2.75) is 38.9 Å². The zero-order chi connectivity index (χ0) is 15.0. The lowest BCUT2D eigenvalue weighted by atomic mass is 9.99. The molecule has 1 saturated heterocycles. The van der Waals surface area contributed by atoms with Crippen molar-refractivity contribution < 1.29 is 9.47 Å². The molecule has 7 heteroatoms.